The van der Waals surface area contributed by atoms with E-state index in [4.69, 9.17) is 26.6 Å². The number of nitriles is 2. The Bertz CT molecular complexity index is 4070. The molecule has 0 bridgehead atoms. The van der Waals surface area contributed by atoms with Gasteiger partial charge in [-0.2, -0.15) is 10.5 Å². The first kappa shape index (κ1) is 52.1. The van der Waals surface area contributed by atoms with Crippen LogP contribution in [0.1, 0.15) is 49.9 Å². The number of hydrogen-bond donors (Lipinski definition) is 2. The molecule has 6 aromatic heterocycles. The zero-order valence-corrected chi connectivity index (χ0v) is 44.2. The second-order valence-corrected chi connectivity index (χ2v) is 20.5. The lowest BCUT2D eigenvalue weighted by Crippen LogP contribution is -2.42. The summed E-state index contributed by atoms with van der Waals surface area (Å²) in [6.45, 7) is 8.37. The van der Waals surface area contributed by atoms with Crippen LogP contribution in [0, 0.1) is 22.7 Å². The van der Waals surface area contributed by atoms with Gasteiger partial charge in [0.2, 0.25) is 0 Å². The third kappa shape index (κ3) is 10.1. The molecule has 0 spiro atoms. The second kappa shape index (κ2) is 21.0. The smallest absolute Gasteiger partial charge is 0.423 e. The maximum absolute atomic E-state index is 13.5. The number of carbonyl (C=O) groups is 2. The largest absolute Gasteiger partial charge is 0.490 e. The molecule has 8 heterocycles. The van der Waals surface area contributed by atoms with E-state index in [1.165, 1.54) is 6.20 Å². The first-order chi connectivity index (χ1) is 37.4. The van der Waals surface area contributed by atoms with E-state index in [-0.39, 0.29) is 12.1 Å². The molecule has 16 nitrogen and oxygen atoms in total. The minimum absolute atomic E-state index is 0.146. The maximum atomic E-state index is 13.5. The number of urea groups is 2. The highest BCUT2D eigenvalue weighted by atomic mass is 35.5. The Morgan fingerprint density at radius 2 is 1.00 bits per heavy atom. The number of rotatable bonds is 6. The number of aromatic nitrogens is 6. The number of nitrogens with zero attached hydrogens (tertiary/aromatic N) is 12. The van der Waals surface area contributed by atoms with E-state index in [0.717, 1.165) is 61.0 Å². The summed E-state index contributed by atoms with van der Waals surface area (Å²) in [7, 11) is 2.08. The summed E-state index contributed by atoms with van der Waals surface area (Å²) < 4.78 is 0. The fourth-order valence-electron chi connectivity index (χ4n) is 9.33. The van der Waals surface area contributed by atoms with Crippen molar-refractivity contribution in [2.24, 2.45) is 0 Å². The normalized spacial score (nSPS) is 13.3. The van der Waals surface area contributed by atoms with Crippen molar-refractivity contribution in [3.05, 3.63) is 186 Å². The lowest BCUT2D eigenvalue weighted by Gasteiger charge is -2.35. The van der Waals surface area contributed by atoms with E-state index < -0.39 is 17.9 Å². The van der Waals surface area contributed by atoms with Gasteiger partial charge in [-0.1, -0.05) is 78.3 Å². The second-order valence-electron chi connectivity index (χ2n) is 20.1. The highest BCUT2D eigenvalue weighted by molar-refractivity contribution is 6.58. The lowest BCUT2D eigenvalue weighted by molar-refractivity contribution is 0.213. The first-order valence-electron chi connectivity index (χ1n) is 24.9. The summed E-state index contributed by atoms with van der Waals surface area (Å²) in [6.07, 6.45) is 6.88. The fourth-order valence-corrected chi connectivity index (χ4v) is 9.48. The predicted molar refractivity (Wildman–Crippen MR) is 305 cm³/mol. The molecule has 0 saturated heterocycles. The SMILES string of the molecule is CN1Cc2cnc3ccc(-c4cnc5ccccc5c4)nc3c2N(c2ccc(C(C)(C)C#N)cc2)C1=O.CN1Cc2cnc3ccc(Cl)nc3c2N(c2ccc(C(C)(C)C#N)cc2)C1=O.OB(O)c1cnc2ccccc2c1. The number of fused-ring (bicyclic) bond motifs is 8. The summed E-state index contributed by atoms with van der Waals surface area (Å²) in [5, 5.41) is 39.0. The van der Waals surface area contributed by atoms with Crippen molar-refractivity contribution in [1.82, 2.24) is 39.7 Å². The van der Waals surface area contributed by atoms with E-state index in [1.807, 2.05) is 149 Å². The molecule has 4 aromatic carbocycles. The van der Waals surface area contributed by atoms with Gasteiger partial charge in [0.05, 0.1) is 86.6 Å². The van der Waals surface area contributed by atoms with Crippen LogP contribution >= 0.6 is 11.6 Å². The molecule has 12 rings (SSSR count). The monoisotopic (exact) mass is 1050 g/mol. The molecule has 0 unspecified atom stereocenters. The molecular weight excluding hydrogens is 999 g/mol. The molecule has 0 saturated carbocycles. The third-order valence-corrected chi connectivity index (χ3v) is 14.0. The quantitative estimate of drug-likeness (QED) is 0.118. The van der Waals surface area contributed by atoms with Crippen LogP contribution in [-0.4, -0.2) is 83.0 Å². The van der Waals surface area contributed by atoms with Crippen LogP contribution in [0.3, 0.4) is 0 Å². The van der Waals surface area contributed by atoms with Gasteiger partial charge >= 0.3 is 19.2 Å². The number of amides is 4. The summed E-state index contributed by atoms with van der Waals surface area (Å²) in [5.41, 5.74) is 11.7. The zero-order chi connectivity index (χ0) is 55.0. The van der Waals surface area contributed by atoms with Crippen molar-refractivity contribution in [2.75, 3.05) is 23.9 Å². The Kier molecular flexibility index (Phi) is 14.0. The van der Waals surface area contributed by atoms with Crippen molar-refractivity contribution in [1.29, 1.82) is 10.5 Å². The molecule has 0 radical (unpaired) electrons. The highest BCUT2D eigenvalue weighted by Crippen LogP contribution is 2.42. The number of para-hydroxylation sites is 2. The van der Waals surface area contributed by atoms with Crippen LogP contribution in [0.2, 0.25) is 5.15 Å². The number of halogens is 1. The third-order valence-electron chi connectivity index (χ3n) is 13.8. The molecule has 2 N–H and O–H groups in total. The van der Waals surface area contributed by atoms with Crippen molar-refractivity contribution < 1.29 is 19.6 Å². The van der Waals surface area contributed by atoms with Crippen molar-refractivity contribution >= 4 is 103 Å². The van der Waals surface area contributed by atoms with Crippen LogP contribution < -0.4 is 15.3 Å². The van der Waals surface area contributed by atoms with Crippen LogP contribution in [0.5, 0.6) is 0 Å². The molecule has 2 aliphatic heterocycles. The molecule has 0 atom stereocenters. The van der Waals surface area contributed by atoms with E-state index in [1.54, 1.807) is 58.1 Å². The highest BCUT2D eigenvalue weighted by Gasteiger charge is 2.34. The van der Waals surface area contributed by atoms with Gasteiger partial charge in [-0.25, -0.2) is 19.6 Å². The lowest BCUT2D eigenvalue weighted by atomic mass is 9.81. The molecule has 2 aliphatic rings. The van der Waals surface area contributed by atoms with Gasteiger partial charge in [-0.05, 0) is 111 Å². The van der Waals surface area contributed by atoms with E-state index in [9.17, 15) is 20.1 Å². The minimum atomic E-state index is -1.45. The number of carbonyl (C=O) groups excluding carboxylic acids is 2. The summed E-state index contributed by atoms with van der Waals surface area (Å²) in [5.74, 6) is 0. The van der Waals surface area contributed by atoms with Crippen LogP contribution in [0.25, 0.3) is 55.1 Å². The molecule has 0 aliphatic carbocycles. The summed E-state index contributed by atoms with van der Waals surface area (Å²) >= 11 is 6.12. The van der Waals surface area contributed by atoms with Crippen LogP contribution in [0.15, 0.2) is 158 Å². The molecule has 10 aromatic rings. The molecule has 4 amide bonds. The number of anilines is 4. The predicted octanol–water partition coefficient (Wildman–Crippen LogP) is 11.1. The molecule has 0 fully saturated rings. The fraction of sp³-hybridized carbons (Fsp3) is 0.167. The van der Waals surface area contributed by atoms with Crippen LogP contribution in [-0.2, 0) is 23.9 Å². The zero-order valence-electron chi connectivity index (χ0n) is 43.5. The van der Waals surface area contributed by atoms with Gasteiger partial charge in [-0.3, -0.25) is 29.7 Å². The Hall–Kier alpha value is -9.39. The van der Waals surface area contributed by atoms with Gasteiger partial charge in [0.25, 0.3) is 0 Å². The topological polar surface area (TPSA) is 212 Å². The number of pyridine rings is 6. The molecule has 384 valence electrons. The summed E-state index contributed by atoms with van der Waals surface area (Å²) in [6, 6.07) is 46.0. The number of benzene rings is 4. The number of hydrogen-bond acceptors (Lipinski definition) is 12. The van der Waals surface area contributed by atoms with Gasteiger partial charge in [0.15, 0.2) is 0 Å². The van der Waals surface area contributed by atoms with E-state index in [2.05, 4.69) is 43.1 Å². The Morgan fingerprint density at radius 1 is 0.551 bits per heavy atom. The Balaban J connectivity index is 0.000000147. The van der Waals surface area contributed by atoms with Gasteiger partial charge in [0.1, 0.15) is 16.2 Å². The van der Waals surface area contributed by atoms with E-state index in [0.29, 0.717) is 62.8 Å². The molecule has 18 heteroatoms. The Labute approximate surface area is 455 Å². The summed E-state index contributed by atoms with van der Waals surface area (Å²) in [4.78, 5) is 60.5. The van der Waals surface area contributed by atoms with Crippen LogP contribution in [0.4, 0.5) is 32.3 Å². The van der Waals surface area contributed by atoms with Crippen molar-refractivity contribution in [2.45, 2.75) is 51.6 Å². The first-order valence-corrected chi connectivity index (χ1v) is 25.3. The van der Waals surface area contributed by atoms with Gasteiger partial charge in [0, 0.05) is 66.4 Å². The molecule has 78 heavy (non-hydrogen) atoms. The van der Waals surface area contributed by atoms with Crippen molar-refractivity contribution in [3.8, 4) is 23.4 Å². The van der Waals surface area contributed by atoms with E-state index >= 15 is 0 Å². The average Bonchev–Trinajstić information content (AvgIpc) is 3.65. The molecular formula is C60H50BClN12O4. The Morgan fingerprint density at radius 3 is 1.50 bits per heavy atom. The maximum Gasteiger partial charge on any atom is 0.490 e. The van der Waals surface area contributed by atoms with Gasteiger partial charge < -0.3 is 19.8 Å². The minimum Gasteiger partial charge on any atom is -0.423 e. The van der Waals surface area contributed by atoms with Crippen molar-refractivity contribution in [3.63, 3.8) is 0 Å². The average molecular weight is 1050 g/mol. The van der Waals surface area contributed by atoms with Gasteiger partial charge in [-0.15, -0.1) is 0 Å². The standard InChI is InChI=1S/C30H24N6O.C21H18ClN5O.C9H8BNO2/c1-30(2,18-31)22-8-10-23(11-9-22)36-28-21(17-35(3)29(36)37)16-33-26-13-12-25(34-27(26)28)20-14-19-6-4-5-7-24(19)32-15-20;1-21(2,12-23)14-4-6-15(7-5-14)27-19-13(11-26(3)20(27)28)10-24-16-8-9-17(22)25-18(16)19;12-10(13)8-5-7-3-1-2-4-9(7)11-6-8/h4-16H,17H2,1-3H3;4-10H,11H2,1-3H3;1-6,12-13H.